The fourth-order valence-corrected chi connectivity index (χ4v) is 1.75. The average molecular weight is 265 g/mol. The van der Waals surface area contributed by atoms with E-state index in [2.05, 4.69) is 33.0 Å². The van der Waals surface area contributed by atoms with Crippen molar-refractivity contribution in [2.75, 3.05) is 19.7 Å². The zero-order chi connectivity index (χ0) is 14.1. The molecule has 1 atom stereocenters. The van der Waals surface area contributed by atoms with Crippen LogP contribution < -0.4 is 14.8 Å². The average Bonchev–Trinajstić information content (AvgIpc) is 2.44. The van der Waals surface area contributed by atoms with Crippen LogP contribution in [0.15, 0.2) is 24.3 Å². The van der Waals surface area contributed by atoms with Crippen LogP contribution in [0.4, 0.5) is 0 Å². The zero-order valence-electron chi connectivity index (χ0n) is 12.7. The van der Waals surface area contributed by atoms with E-state index in [-0.39, 0.29) is 5.60 Å². The smallest absolute Gasteiger partial charge is 0.162 e. The van der Waals surface area contributed by atoms with Gasteiger partial charge in [-0.3, -0.25) is 0 Å². The fraction of sp³-hybridized carbons (Fsp3) is 0.625. The Bertz CT molecular complexity index is 368. The second-order valence-electron chi connectivity index (χ2n) is 4.98. The van der Waals surface area contributed by atoms with E-state index in [0.29, 0.717) is 0 Å². The van der Waals surface area contributed by atoms with Gasteiger partial charge in [-0.05, 0) is 38.4 Å². The summed E-state index contributed by atoms with van der Waals surface area (Å²) in [6, 6.07) is 7.90. The van der Waals surface area contributed by atoms with Gasteiger partial charge in [0.25, 0.3) is 0 Å². The van der Waals surface area contributed by atoms with Crippen molar-refractivity contribution in [1.82, 2.24) is 5.32 Å². The highest BCUT2D eigenvalue weighted by atomic mass is 16.5. The minimum atomic E-state index is -0.207. The quantitative estimate of drug-likeness (QED) is 0.739. The normalized spacial score (nSPS) is 13.9. The molecule has 0 spiro atoms. The molecule has 0 aliphatic carbocycles. The largest absolute Gasteiger partial charge is 0.490 e. The molecule has 3 nitrogen and oxygen atoms in total. The number of nitrogens with one attached hydrogen (secondary N) is 1. The van der Waals surface area contributed by atoms with Gasteiger partial charge >= 0.3 is 0 Å². The maximum atomic E-state index is 6.19. The van der Waals surface area contributed by atoms with E-state index in [1.807, 2.05) is 24.3 Å². The molecule has 0 saturated heterocycles. The molecule has 1 aromatic rings. The van der Waals surface area contributed by atoms with Crippen molar-refractivity contribution in [2.24, 2.45) is 0 Å². The monoisotopic (exact) mass is 265 g/mol. The van der Waals surface area contributed by atoms with Crippen LogP contribution in [0.2, 0.25) is 0 Å². The molecule has 0 saturated carbocycles. The topological polar surface area (TPSA) is 30.5 Å². The van der Waals surface area contributed by atoms with Crippen molar-refractivity contribution in [3.63, 3.8) is 0 Å². The molecule has 0 heterocycles. The predicted octanol–water partition coefficient (Wildman–Crippen LogP) is 3.63. The minimum Gasteiger partial charge on any atom is -0.490 e. The molecule has 0 radical (unpaired) electrons. The molecule has 0 aliphatic heterocycles. The first kappa shape index (κ1) is 15.8. The molecule has 0 amide bonds. The number of hydrogen-bond acceptors (Lipinski definition) is 3. The summed E-state index contributed by atoms with van der Waals surface area (Å²) < 4.78 is 11.9. The highest BCUT2D eigenvalue weighted by Crippen LogP contribution is 2.31. The van der Waals surface area contributed by atoms with Crippen molar-refractivity contribution in [3.05, 3.63) is 24.3 Å². The first-order chi connectivity index (χ1) is 9.15. The van der Waals surface area contributed by atoms with Crippen LogP contribution in [-0.2, 0) is 0 Å². The highest BCUT2D eigenvalue weighted by molar-refractivity contribution is 5.40. The van der Waals surface area contributed by atoms with Crippen molar-refractivity contribution in [2.45, 2.75) is 46.1 Å². The Kier molecular flexibility index (Phi) is 6.71. The second-order valence-corrected chi connectivity index (χ2v) is 4.98. The number of ether oxygens (including phenoxy) is 2. The molecule has 0 bridgehead atoms. The van der Waals surface area contributed by atoms with Gasteiger partial charge in [-0.15, -0.1) is 0 Å². The first-order valence-corrected chi connectivity index (χ1v) is 7.26. The van der Waals surface area contributed by atoms with Crippen molar-refractivity contribution >= 4 is 0 Å². The van der Waals surface area contributed by atoms with Crippen LogP contribution in [0.5, 0.6) is 11.5 Å². The third-order valence-electron chi connectivity index (χ3n) is 3.16. The molecule has 1 unspecified atom stereocenters. The Morgan fingerprint density at radius 1 is 1.11 bits per heavy atom. The van der Waals surface area contributed by atoms with Crippen LogP contribution in [-0.4, -0.2) is 25.3 Å². The van der Waals surface area contributed by atoms with Crippen LogP contribution in [0.1, 0.15) is 40.5 Å². The summed E-state index contributed by atoms with van der Waals surface area (Å²) in [7, 11) is 0. The fourth-order valence-electron chi connectivity index (χ4n) is 1.75. The summed E-state index contributed by atoms with van der Waals surface area (Å²) in [5, 5.41) is 3.36. The van der Waals surface area contributed by atoms with Crippen LogP contribution in [0.3, 0.4) is 0 Å². The van der Waals surface area contributed by atoms with Gasteiger partial charge < -0.3 is 14.8 Å². The lowest BCUT2D eigenvalue weighted by Gasteiger charge is -2.30. The Labute approximate surface area is 117 Å². The Morgan fingerprint density at radius 3 is 2.37 bits per heavy atom. The van der Waals surface area contributed by atoms with E-state index >= 15 is 0 Å². The molecule has 0 aromatic heterocycles. The Balaban J connectivity index is 2.78. The molecule has 19 heavy (non-hydrogen) atoms. The summed E-state index contributed by atoms with van der Waals surface area (Å²) in [6.07, 6.45) is 1.94. The third kappa shape index (κ3) is 5.11. The Morgan fingerprint density at radius 2 is 1.79 bits per heavy atom. The minimum absolute atomic E-state index is 0.207. The molecule has 108 valence electrons. The standard InChI is InChI=1S/C16H27NO2/c1-5-12-18-14-10-8-9-11-15(14)19-16(4,6-2)13-17-7-3/h8-11,17H,5-7,12-13H2,1-4H3. The summed E-state index contributed by atoms with van der Waals surface area (Å²) in [4.78, 5) is 0. The first-order valence-electron chi connectivity index (χ1n) is 7.26. The lowest BCUT2D eigenvalue weighted by atomic mass is 10.0. The van der Waals surface area contributed by atoms with E-state index in [1.54, 1.807) is 0 Å². The lowest BCUT2D eigenvalue weighted by molar-refractivity contribution is 0.0793. The number of rotatable bonds is 9. The molecule has 0 fully saturated rings. The number of para-hydroxylation sites is 2. The maximum absolute atomic E-state index is 6.19. The van der Waals surface area contributed by atoms with E-state index in [9.17, 15) is 0 Å². The van der Waals surface area contributed by atoms with Gasteiger partial charge in [-0.1, -0.05) is 32.9 Å². The van der Waals surface area contributed by atoms with E-state index < -0.39 is 0 Å². The highest BCUT2D eigenvalue weighted by Gasteiger charge is 2.24. The number of hydrogen-bond donors (Lipinski definition) is 1. The van der Waals surface area contributed by atoms with Crippen molar-refractivity contribution in [1.29, 1.82) is 0 Å². The lowest BCUT2D eigenvalue weighted by Crippen LogP contribution is -2.42. The van der Waals surface area contributed by atoms with Crippen LogP contribution in [0, 0.1) is 0 Å². The van der Waals surface area contributed by atoms with E-state index in [4.69, 9.17) is 9.47 Å². The van der Waals surface area contributed by atoms with E-state index in [1.165, 1.54) is 0 Å². The summed E-state index contributed by atoms with van der Waals surface area (Å²) in [5.41, 5.74) is -0.207. The predicted molar refractivity (Wildman–Crippen MR) is 80.1 cm³/mol. The maximum Gasteiger partial charge on any atom is 0.162 e. The molecule has 1 aromatic carbocycles. The Hall–Kier alpha value is -1.22. The molecule has 1 N–H and O–H groups in total. The number of benzene rings is 1. The van der Waals surface area contributed by atoms with Gasteiger partial charge in [0, 0.05) is 6.54 Å². The molecule has 1 rings (SSSR count). The molecule has 0 aliphatic rings. The van der Waals surface area contributed by atoms with Gasteiger partial charge in [0.2, 0.25) is 0 Å². The van der Waals surface area contributed by atoms with Crippen molar-refractivity contribution < 1.29 is 9.47 Å². The molecular formula is C16H27NO2. The summed E-state index contributed by atoms with van der Waals surface area (Å²) >= 11 is 0. The van der Waals surface area contributed by atoms with Crippen molar-refractivity contribution in [3.8, 4) is 11.5 Å². The van der Waals surface area contributed by atoms with Gasteiger partial charge in [0.15, 0.2) is 11.5 Å². The molecular weight excluding hydrogens is 238 g/mol. The summed E-state index contributed by atoms with van der Waals surface area (Å²) in [6.45, 7) is 11.0. The van der Waals surface area contributed by atoms with Gasteiger partial charge in [-0.25, -0.2) is 0 Å². The van der Waals surface area contributed by atoms with Gasteiger partial charge in [0.05, 0.1) is 6.61 Å². The van der Waals surface area contributed by atoms with Crippen LogP contribution >= 0.6 is 0 Å². The van der Waals surface area contributed by atoms with E-state index in [0.717, 1.165) is 44.0 Å². The number of likely N-dealkylation sites (N-methyl/N-ethyl adjacent to an activating group) is 1. The third-order valence-corrected chi connectivity index (χ3v) is 3.16. The second kappa shape index (κ2) is 8.05. The van der Waals surface area contributed by atoms with Gasteiger partial charge in [0.1, 0.15) is 5.60 Å². The SMILES string of the molecule is CCCOc1ccccc1OC(C)(CC)CNCC. The van der Waals surface area contributed by atoms with Gasteiger partial charge in [-0.2, -0.15) is 0 Å². The molecule has 3 heteroatoms. The summed E-state index contributed by atoms with van der Waals surface area (Å²) in [5.74, 6) is 1.67. The van der Waals surface area contributed by atoms with Crippen LogP contribution in [0.25, 0.3) is 0 Å². The zero-order valence-corrected chi connectivity index (χ0v) is 12.7.